The van der Waals surface area contributed by atoms with Crippen LogP contribution in [0.2, 0.25) is 0 Å². The number of carbonyl (C=O) groups excluding carboxylic acids is 3. The van der Waals surface area contributed by atoms with Gasteiger partial charge in [-0.05, 0) is 82.4 Å². The molecule has 1 aromatic rings. The van der Waals surface area contributed by atoms with E-state index in [0.717, 1.165) is 36.1 Å². The van der Waals surface area contributed by atoms with Crippen molar-refractivity contribution in [1.29, 1.82) is 5.26 Å². The predicted octanol–water partition coefficient (Wildman–Crippen LogP) is 2.78. The number of nitriles is 1. The lowest BCUT2D eigenvalue weighted by atomic mass is 9.94. The second-order valence-electron chi connectivity index (χ2n) is 11.2. The van der Waals surface area contributed by atoms with E-state index in [4.69, 9.17) is 10.00 Å². The number of allylic oxidation sites excluding steroid dienone is 3. The number of benzene rings is 1. The van der Waals surface area contributed by atoms with Crippen LogP contribution < -0.4 is 20.7 Å². The van der Waals surface area contributed by atoms with Gasteiger partial charge in [-0.15, -0.1) is 0 Å². The van der Waals surface area contributed by atoms with Gasteiger partial charge in [-0.2, -0.15) is 5.26 Å². The number of ether oxygens (including phenoxy) is 1. The SMILES string of the molecule is CC1CNC(C2CC2)C(=O)N(C)C(C)C(=O)NC(CC2=CC=C(C#N)CC2)C(=O)NCCCc2ccccc2O1. The van der Waals surface area contributed by atoms with Crippen molar-refractivity contribution in [3.63, 3.8) is 0 Å². The topological polar surface area (TPSA) is 124 Å². The van der Waals surface area contributed by atoms with Crippen molar-refractivity contribution in [2.45, 2.75) is 83.0 Å². The summed E-state index contributed by atoms with van der Waals surface area (Å²) >= 11 is 0. The van der Waals surface area contributed by atoms with Gasteiger partial charge in [0.05, 0.1) is 12.1 Å². The zero-order chi connectivity index (χ0) is 28.6. The molecular formula is C31H41N5O4. The van der Waals surface area contributed by atoms with Crippen LogP contribution in [0.15, 0.2) is 47.6 Å². The Kier molecular flexibility index (Phi) is 9.99. The van der Waals surface area contributed by atoms with Crippen LogP contribution in [0.4, 0.5) is 0 Å². The molecule has 0 aromatic heterocycles. The van der Waals surface area contributed by atoms with Gasteiger partial charge in [0.1, 0.15) is 23.9 Å². The van der Waals surface area contributed by atoms with E-state index in [1.807, 2.05) is 37.3 Å². The number of amides is 3. The Morgan fingerprint density at radius 2 is 1.82 bits per heavy atom. The first kappa shape index (κ1) is 29.3. The van der Waals surface area contributed by atoms with Gasteiger partial charge in [-0.25, -0.2) is 0 Å². The van der Waals surface area contributed by atoms with Crippen molar-refractivity contribution >= 4 is 17.7 Å². The van der Waals surface area contributed by atoms with Crippen LogP contribution in [-0.2, 0) is 20.8 Å². The highest BCUT2D eigenvalue weighted by molar-refractivity contribution is 5.93. The number of likely N-dealkylation sites (N-methyl/N-ethyl adjacent to an activating group) is 1. The van der Waals surface area contributed by atoms with Crippen molar-refractivity contribution < 1.29 is 19.1 Å². The minimum absolute atomic E-state index is 0.135. The number of hydrogen-bond donors (Lipinski definition) is 3. The molecule has 1 fully saturated rings. The van der Waals surface area contributed by atoms with Gasteiger partial charge in [0, 0.05) is 25.7 Å². The average molecular weight is 548 g/mol. The lowest BCUT2D eigenvalue weighted by Gasteiger charge is -2.31. The van der Waals surface area contributed by atoms with Crippen molar-refractivity contribution in [2.75, 3.05) is 20.1 Å². The third-order valence-corrected chi connectivity index (χ3v) is 7.99. The fraction of sp³-hybridized carbons (Fsp3) is 0.548. The molecule has 9 nitrogen and oxygen atoms in total. The van der Waals surface area contributed by atoms with Crippen molar-refractivity contribution in [1.82, 2.24) is 20.9 Å². The first-order chi connectivity index (χ1) is 19.3. The molecule has 3 N–H and O–H groups in total. The van der Waals surface area contributed by atoms with E-state index in [2.05, 4.69) is 22.0 Å². The van der Waals surface area contributed by atoms with E-state index in [-0.39, 0.29) is 29.7 Å². The number of hydrogen-bond acceptors (Lipinski definition) is 6. The molecule has 1 heterocycles. The Hall–Kier alpha value is -3.64. The molecule has 0 radical (unpaired) electrons. The molecule has 2 aliphatic carbocycles. The fourth-order valence-electron chi connectivity index (χ4n) is 5.17. The Balaban J connectivity index is 1.55. The van der Waals surface area contributed by atoms with E-state index in [9.17, 15) is 14.4 Å². The summed E-state index contributed by atoms with van der Waals surface area (Å²) in [6.07, 6.45) is 8.50. The summed E-state index contributed by atoms with van der Waals surface area (Å²) in [6.45, 7) is 4.63. The summed E-state index contributed by atoms with van der Waals surface area (Å²) in [5.41, 5.74) is 2.76. The zero-order valence-electron chi connectivity index (χ0n) is 23.7. The number of aryl methyl sites for hydroxylation is 1. The van der Waals surface area contributed by atoms with Crippen LogP contribution in [0.1, 0.15) is 57.9 Å². The van der Waals surface area contributed by atoms with Crippen LogP contribution in [0.25, 0.3) is 0 Å². The monoisotopic (exact) mass is 547 g/mol. The Morgan fingerprint density at radius 3 is 2.52 bits per heavy atom. The van der Waals surface area contributed by atoms with Gasteiger partial charge in [0.15, 0.2) is 0 Å². The predicted molar refractivity (Wildman–Crippen MR) is 152 cm³/mol. The molecule has 0 spiro atoms. The molecule has 4 unspecified atom stereocenters. The summed E-state index contributed by atoms with van der Waals surface area (Å²) in [5.74, 6) is 0.273. The third-order valence-electron chi connectivity index (χ3n) is 7.99. The summed E-state index contributed by atoms with van der Waals surface area (Å²) in [7, 11) is 1.64. The molecule has 1 saturated carbocycles. The number of nitrogens with one attached hydrogen (secondary N) is 3. The number of fused-ring (bicyclic) bond motifs is 1. The molecular weight excluding hydrogens is 506 g/mol. The van der Waals surface area contributed by atoms with Gasteiger partial charge in [0.2, 0.25) is 17.7 Å². The first-order valence-electron chi connectivity index (χ1n) is 14.4. The molecule has 214 valence electrons. The molecule has 0 bridgehead atoms. The highest BCUT2D eigenvalue weighted by Crippen LogP contribution is 2.34. The van der Waals surface area contributed by atoms with E-state index >= 15 is 0 Å². The van der Waals surface area contributed by atoms with Gasteiger partial charge < -0.3 is 25.6 Å². The smallest absolute Gasteiger partial charge is 0.243 e. The molecule has 4 atom stereocenters. The maximum Gasteiger partial charge on any atom is 0.243 e. The van der Waals surface area contributed by atoms with E-state index in [1.165, 1.54) is 4.90 Å². The quantitative estimate of drug-likeness (QED) is 0.535. The normalized spacial score (nSPS) is 27.4. The number of rotatable bonds is 3. The van der Waals surface area contributed by atoms with Gasteiger partial charge >= 0.3 is 0 Å². The van der Waals surface area contributed by atoms with E-state index in [0.29, 0.717) is 44.3 Å². The largest absolute Gasteiger partial charge is 0.489 e. The van der Waals surface area contributed by atoms with Gasteiger partial charge in [-0.1, -0.05) is 29.8 Å². The van der Waals surface area contributed by atoms with Crippen LogP contribution in [-0.4, -0.2) is 67.0 Å². The minimum atomic E-state index is -0.783. The molecule has 1 aromatic carbocycles. The second-order valence-corrected chi connectivity index (χ2v) is 11.2. The maximum atomic E-state index is 13.5. The maximum absolute atomic E-state index is 13.5. The Morgan fingerprint density at radius 1 is 1.05 bits per heavy atom. The number of carbonyl (C=O) groups is 3. The number of nitrogens with zero attached hydrogens (tertiary/aromatic N) is 2. The van der Waals surface area contributed by atoms with Crippen molar-refractivity contribution in [2.24, 2.45) is 5.92 Å². The van der Waals surface area contributed by atoms with Crippen LogP contribution in [0.5, 0.6) is 5.75 Å². The van der Waals surface area contributed by atoms with Crippen molar-refractivity contribution in [3.05, 3.63) is 53.1 Å². The summed E-state index contributed by atoms with van der Waals surface area (Å²) in [4.78, 5) is 41.6. The zero-order valence-corrected chi connectivity index (χ0v) is 23.7. The molecule has 3 amide bonds. The molecule has 9 heteroatoms. The number of para-hydroxylation sites is 1. The Labute approximate surface area is 237 Å². The molecule has 40 heavy (non-hydrogen) atoms. The highest BCUT2D eigenvalue weighted by atomic mass is 16.5. The molecule has 3 aliphatic rings. The lowest BCUT2D eigenvalue weighted by molar-refractivity contribution is -0.141. The second kappa shape index (κ2) is 13.6. The van der Waals surface area contributed by atoms with Crippen molar-refractivity contribution in [3.8, 4) is 11.8 Å². The van der Waals surface area contributed by atoms with Crippen LogP contribution in [0.3, 0.4) is 0 Å². The molecule has 4 rings (SSSR count). The minimum Gasteiger partial charge on any atom is -0.489 e. The van der Waals surface area contributed by atoms with Gasteiger partial charge in [0.25, 0.3) is 0 Å². The summed E-state index contributed by atoms with van der Waals surface area (Å²) < 4.78 is 6.26. The fourth-order valence-corrected chi connectivity index (χ4v) is 5.17. The highest BCUT2D eigenvalue weighted by Gasteiger charge is 2.39. The summed E-state index contributed by atoms with van der Waals surface area (Å²) in [6, 6.07) is 8.15. The van der Waals surface area contributed by atoms with E-state index < -0.39 is 18.1 Å². The first-order valence-corrected chi connectivity index (χ1v) is 14.4. The third kappa shape index (κ3) is 7.72. The standard InChI is InChI=1S/C31H41N5O4/c1-20-19-34-28(25-14-15-25)31(39)36(3)21(2)29(37)35-26(17-22-10-12-23(18-32)13-11-22)30(38)33-16-6-8-24-7-4-5-9-27(24)40-20/h4-5,7,9-10,12,20-21,25-26,28,34H,6,8,11,13-17,19H2,1-3H3,(H,33,38)(H,35,37). The summed E-state index contributed by atoms with van der Waals surface area (Å²) in [5, 5.41) is 18.5. The van der Waals surface area contributed by atoms with E-state index in [1.54, 1.807) is 20.0 Å². The lowest BCUT2D eigenvalue weighted by Crippen LogP contribution is -2.56. The molecule has 0 saturated heterocycles. The molecule has 1 aliphatic heterocycles. The van der Waals surface area contributed by atoms with Crippen LogP contribution in [0, 0.1) is 17.2 Å². The average Bonchev–Trinajstić information content (AvgIpc) is 3.80. The van der Waals surface area contributed by atoms with Crippen LogP contribution >= 0.6 is 0 Å². The Bertz CT molecular complexity index is 1200. The van der Waals surface area contributed by atoms with Gasteiger partial charge in [-0.3, -0.25) is 14.4 Å².